The van der Waals surface area contributed by atoms with E-state index in [1.807, 2.05) is 26.0 Å². The fourth-order valence-electron chi connectivity index (χ4n) is 3.51. The Bertz CT molecular complexity index is 766. The average molecular weight is 396 g/mol. The van der Waals surface area contributed by atoms with Gasteiger partial charge in [-0.1, -0.05) is 32.9 Å². The Hall–Kier alpha value is -1.44. The molecule has 0 bridgehead atoms. The van der Waals surface area contributed by atoms with Gasteiger partial charge in [0.25, 0.3) is 0 Å². The second-order valence-electron chi connectivity index (χ2n) is 8.37. The molecule has 0 saturated carbocycles. The molecule has 0 atom stereocenters. The van der Waals surface area contributed by atoms with Crippen molar-refractivity contribution < 1.29 is 13.2 Å². The Kier molecular flexibility index (Phi) is 6.71. The van der Waals surface area contributed by atoms with E-state index >= 15 is 0 Å². The van der Waals surface area contributed by atoms with Gasteiger partial charge in [-0.05, 0) is 48.9 Å². The highest BCUT2D eigenvalue weighted by molar-refractivity contribution is 7.89. The Morgan fingerprint density at radius 1 is 1.07 bits per heavy atom. The van der Waals surface area contributed by atoms with E-state index in [0.717, 1.165) is 16.7 Å². The van der Waals surface area contributed by atoms with E-state index in [4.69, 9.17) is 5.73 Å². The van der Waals surface area contributed by atoms with Crippen molar-refractivity contribution >= 4 is 15.9 Å². The predicted octanol–water partition coefficient (Wildman–Crippen LogP) is 2.17. The number of sulfonamides is 1. The molecule has 1 amide bonds. The predicted molar refractivity (Wildman–Crippen MR) is 108 cm³/mol. The van der Waals surface area contributed by atoms with Crippen LogP contribution in [0.5, 0.6) is 0 Å². The molecule has 1 saturated heterocycles. The first kappa shape index (κ1) is 21.9. The summed E-state index contributed by atoms with van der Waals surface area (Å²) in [6.45, 7) is 12.1. The molecule has 0 unspecified atom stereocenters. The number of benzene rings is 1. The van der Waals surface area contributed by atoms with Gasteiger partial charge in [0.2, 0.25) is 15.9 Å². The largest absolute Gasteiger partial charge is 0.340 e. The maximum atomic E-state index is 13.2. The number of piperazine rings is 1. The summed E-state index contributed by atoms with van der Waals surface area (Å²) in [5.41, 5.74) is 8.11. The van der Waals surface area contributed by atoms with Crippen LogP contribution in [-0.4, -0.2) is 56.3 Å². The number of amides is 1. The first-order valence-corrected chi connectivity index (χ1v) is 11.0. The standard InChI is InChI=1S/C20H33N3O3S/c1-15-13-17(20(3,4)5)14-16(2)19(15)27(25,26)23-11-9-22(10-12-23)18(24)7-6-8-21/h13-14H,6-12,21H2,1-5H3. The molecule has 27 heavy (non-hydrogen) atoms. The summed E-state index contributed by atoms with van der Waals surface area (Å²) in [6, 6.07) is 3.96. The zero-order chi connectivity index (χ0) is 20.4. The van der Waals surface area contributed by atoms with Crippen LogP contribution < -0.4 is 5.73 Å². The van der Waals surface area contributed by atoms with Crippen LogP contribution in [0.3, 0.4) is 0 Å². The molecule has 1 aliphatic heterocycles. The van der Waals surface area contributed by atoms with Gasteiger partial charge in [0.1, 0.15) is 0 Å². The van der Waals surface area contributed by atoms with Crippen molar-refractivity contribution in [3.63, 3.8) is 0 Å². The number of carbonyl (C=O) groups is 1. The topological polar surface area (TPSA) is 83.7 Å². The van der Waals surface area contributed by atoms with Crippen molar-refractivity contribution in [3.05, 3.63) is 28.8 Å². The molecule has 7 heteroatoms. The highest BCUT2D eigenvalue weighted by atomic mass is 32.2. The number of aryl methyl sites for hydroxylation is 2. The van der Waals surface area contributed by atoms with E-state index in [0.29, 0.717) is 50.5 Å². The molecule has 152 valence electrons. The van der Waals surface area contributed by atoms with E-state index in [2.05, 4.69) is 20.8 Å². The van der Waals surface area contributed by atoms with Gasteiger partial charge in [-0.3, -0.25) is 4.79 Å². The summed E-state index contributed by atoms with van der Waals surface area (Å²) in [5, 5.41) is 0. The zero-order valence-electron chi connectivity index (χ0n) is 17.2. The summed E-state index contributed by atoms with van der Waals surface area (Å²) < 4.78 is 28.0. The molecule has 6 nitrogen and oxygen atoms in total. The summed E-state index contributed by atoms with van der Waals surface area (Å²) in [5.74, 6) is 0.0550. The Balaban J connectivity index is 2.20. The maximum Gasteiger partial charge on any atom is 0.243 e. The molecule has 2 rings (SSSR count). The van der Waals surface area contributed by atoms with Gasteiger partial charge in [0.15, 0.2) is 0 Å². The van der Waals surface area contributed by atoms with E-state index in [-0.39, 0.29) is 11.3 Å². The lowest BCUT2D eigenvalue weighted by Gasteiger charge is -2.35. The number of nitrogens with zero attached hydrogens (tertiary/aromatic N) is 2. The zero-order valence-corrected chi connectivity index (χ0v) is 18.0. The lowest BCUT2D eigenvalue weighted by atomic mass is 9.85. The van der Waals surface area contributed by atoms with Crippen molar-refractivity contribution in [2.24, 2.45) is 5.73 Å². The highest BCUT2D eigenvalue weighted by Gasteiger charge is 2.32. The molecule has 0 radical (unpaired) electrons. The average Bonchev–Trinajstić information content (AvgIpc) is 2.58. The van der Waals surface area contributed by atoms with Gasteiger partial charge < -0.3 is 10.6 Å². The van der Waals surface area contributed by atoms with Crippen molar-refractivity contribution in [1.29, 1.82) is 0 Å². The fourth-order valence-corrected chi connectivity index (χ4v) is 5.34. The third-order valence-corrected chi connectivity index (χ3v) is 7.32. The highest BCUT2D eigenvalue weighted by Crippen LogP contribution is 2.31. The molecule has 0 spiro atoms. The lowest BCUT2D eigenvalue weighted by molar-refractivity contribution is -0.132. The van der Waals surface area contributed by atoms with E-state index in [1.54, 1.807) is 4.90 Å². The van der Waals surface area contributed by atoms with Crippen LogP contribution in [0.2, 0.25) is 0 Å². The van der Waals surface area contributed by atoms with Gasteiger partial charge in [0, 0.05) is 32.6 Å². The Morgan fingerprint density at radius 3 is 2.04 bits per heavy atom. The second kappa shape index (κ2) is 8.29. The summed E-state index contributed by atoms with van der Waals surface area (Å²) in [4.78, 5) is 14.3. The van der Waals surface area contributed by atoms with Crippen LogP contribution in [0.4, 0.5) is 0 Å². The van der Waals surface area contributed by atoms with Crippen LogP contribution >= 0.6 is 0 Å². The number of carbonyl (C=O) groups excluding carboxylic acids is 1. The molecular formula is C20H33N3O3S. The van der Waals surface area contributed by atoms with Crippen LogP contribution in [-0.2, 0) is 20.2 Å². The first-order chi connectivity index (χ1) is 12.5. The van der Waals surface area contributed by atoms with Crippen LogP contribution in [0.1, 0.15) is 50.3 Å². The van der Waals surface area contributed by atoms with Crippen molar-refractivity contribution in [2.75, 3.05) is 32.7 Å². The second-order valence-corrected chi connectivity index (χ2v) is 10.2. The minimum Gasteiger partial charge on any atom is -0.340 e. The lowest BCUT2D eigenvalue weighted by Crippen LogP contribution is -2.50. The molecule has 1 aromatic rings. The first-order valence-electron chi connectivity index (χ1n) is 9.58. The van der Waals surface area contributed by atoms with Crippen LogP contribution in [0, 0.1) is 13.8 Å². The molecular weight excluding hydrogens is 362 g/mol. The Morgan fingerprint density at radius 2 is 1.59 bits per heavy atom. The summed E-state index contributed by atoms with van der Waals surface area (Å²) >= 11 is 0. The third kappa shape index (κ3) is 4.89. The molecule has 0 aromatic heterocycles. The number of nitrogens with two attached hydrogens (primary N) is 1. The molecule has 1 heterocycles. The van der Waals surface area contributed by atoms with E-state index < -0.39 is 10.0 Å². The molecule has 0 aliphatic carbocycles. The minimum atomic E-state index is -3.58. The van der Waals surface area contributed by atoms with Gasteiger partial charge in [-0.25, -0.2) is 8.42 Å². The number of hydrogen-bond donors (Lipinski definition) is 1. The van der Waals surface area contributed by atoms with Crippen molar-refractivity contribution in [3.8, 4) is 0 Å². The van der Waals surface area contributed by atoms with E-state index in [9.17, 15) is 13.2 Å². The van der Waals surface area contributed by atoms with Gasteiger partial charge in [-0.15, -0.1) is 0 Å². The van der Waals surface area contributed by atoms with Gasteiger partial charge in [0.05, 0.1) is 4.90 Å². The summed E-state index contributed by atoms with van der Waals surface area (Å²) in [7, 11) is -3.58. The molecule has 1 aliphatic rings. The fraction of sp³-hybridized carbons (Fsp3) is 0.650. The van der Waals surface area contributed by atoms with E-state index in [1.165, 1.54) is 4.31 Å². The molecule has 2 N–H and O–H groups in total. The molecule has 1 fully saturated rings. The van der Waals surface area contributed by atoms with Crippen LogP contribution in [0.15, 0.2) is 17.0 Å². The van der Waals surface area contributed by atoms with Crippen LogP contribution in [0.25, 0.3) is 0 Å². The quantitative estimate of drug-likeness (QED) is 0.828. The third-order valence-electron chi connectivity index (χ3n) is 5.11. The number of rotatable bonds is 5. The summed E-state index contributed by atoms with van der Waals surface area (Å²) in [6.07, 6.45) is 1.09. The maximum absolute atomic E-state index is 13.2. The number of hydrogen-bond acceptors (Lipinski definition) is 4. The monoisotopic (exact) mass is 395 g/mol. The Labute approximate surface area is 163 Å². The van der Waals surface area contributed by atoms with Gasteiger partial charge >= 0.3 is 0 Å². The van der Waals surface area contributed by atoms with Gasteiger partial charge in [-0.2, -0.15) is 4.31 Å². The van der Waals surface area contributed by atoms with Crippen molar-refractivity contribution in [2.45, 2.75) is 57.8 Å². The minimum absolute atomic E-state index is 0.0344. The SMILES string of the molecule is Cc1cc(C(C)(C)C)cc(C)c1S(=O)(=O)N1CCN(C(=O)CCCN)CC1. The van der Waals surface area contributed by atoms with Crippen molar-refractivity contribution in [1.82, 2.24) is 9.21 Å². The molecule has 1 aromatic carbocycles. The smallest absolute Gasteiger partial charge is 0.243 e. The normalized spacial score (nSPS) is 16.6.